The van der Waals surface area contributed by atoms with Gasteiger partial charge in [-0.3, -0.25) is 19.3 Å². The van der Waals surface area contributed by atoms with Gasteiger partial charge in [-0.2, -0.15) is 0 Å². The van der Waals surface area contributed by atoms with Crippen LogP contribution in [0.15, 0.2) is 218 Å². The SMILES string of the molecule is O=C(O)CN1C(=O)c2ccc3c4ccc5c6c(ccc(c7ccc(c2c37)C1=O)c64)N(c1ccccc1)CN5c1ccccc1.O=C1OC(=O)c2ccc3c4ccc5c6c(ccc(c7ccc1c2c73)c64)N(c1ccccc1)CN5c1ccccc1. The summed E-state index contributed by atoms with van der Waals surface area (Å²) in [5, 5.41) is 25.3. The molecule has 0 saturated heterocycles. The van der Waals surface area contributed by atoms with E-state index in [1.54, 1.807) is 24.3 Å². The first-order chi connectivity index (χ1) is 41.2. The van der Waals surface area contributed by atoms with Crippen LogP contribution in [0.25, 0.3) is 86.2 Å². The van der Waals surface area contributed by atoms with E-state index in [0.717, 1.165) is 115 Å². The molecule has 0 spiro atoms. The Morgan fingerprint density at radius 1 is 0.321 bits per heavy atom. The molecular weight excluding hydrogens is 1050 g/mol. The van der Waals surface area contributed by atoms with Gasteiger partial charge in [0.15, 0.2) is 0 Å². The Hall–Kier alpha value is -11.4. The van der Waals surface area contributed by atoms with Crippen molar-refractivity contribution in [2.24, 2.45) is 0 Å². The van der Waals surface area contributed by atoms with E-state index in [2.05, 4.69) is 165 Å². The molecule has 4 aliphatic heterocycles. The zero-order valence-corrected chi connectivity index (χ0v) is 44.5. The van der Waals surface area contributed by atoms with Crippen molar-refractivity contribution in [1.29, 1.82) is 0 Å². The van der Waals surface area contributed by atoms with E-state index in [1.807, 2.05) is 48.5 Å². The number of rotatable bonds is 6. The molecule has 84 heavy (non-hydrogen) atoms. The number of cyclic esters (lactones) is 2. The lowest BCUT2D eigenvalue weighted by atomic mass is 9.84. The van der Waals surface area contributed by atoms with E-state index in [-0.39, 0.29) is 0 Å². The molecule has 0 fully saturated rings. The van der Waals surface area contributed by atoms with Crippen LogP contribution in [0.3, 0.4) is 0 Å². The number of aliphatic carboxylic acids is 1. The van der Waals surface area contributed by atoms with Crippen LogP contribution in [0.4, 0.5) is 45.5 Å². The minimum absolute atomic E-state index is 0.348. The van der Waals surface area contributed by atoms with Crippen molar-refractivity contribution in [1.82, 2.24) is 4.90 Å². The van der Waals surface area contributed by atoms with Crippen LogP contribution in [0.1, 0.15) is 41.4 Å². The first-order valence-corrected chi connectivity index (χ1v) is 27.8. The van der Waals surface area contributed by atoms with Crippen molar-refractivity contribution < 1.29 is 33.8 Å². The third-order valence-electron chi connectivity index (χ3n) is 17.6. The van der Waals surface area contributed by atoms with Crippen LogP contribution in [0.5, 0.6) is 0 Å². The first kappa shape index (κ1) is 47.4. The van der Waals surface area contributed by atoms with Gasteiger partial charge in [-0.25, -0.2) is 9.59 Å². The van der Waals surface area contributed by atoms with Gasteiger partial charge in [-0.15, -0.1) is 0 Å². The number of benzene rings is 14. The monoisotopic (exact) mass is 1090 g/mol. The van der Waals surface area contributed by atoms with E-state index in [0.29, 0.717) is 46.4 Å². The van der Waals surface area contributed by atoms with Gasteiger partial charge in [0.25, 0.3) is 11.8 Å². The lowest BCUT2D eigenvalue weighted by molar-refractivity contribution is -0.137. The topological polar surface area (TPSA) is 131 Å². The Morgan fingerprint density at radius 2 is 0.583 bits per heavy atom. The molecule has 12 nitrogen and oxygen atoms in total. The third-order valence-corrected chi connectivity index (χ3v) is 17.6. The van der Waals surface area contributed by atoms with Crippen LogP contribution in [-0.4, -0.2) is 59.6 Å². The summed E-state index contributed by atoms with van der Waals surface area (Å²) in [5.41, 5.74) is 10.6. The first-order valence-electron chi connectivity index (χ1n) is 27.8. The maximum atomic E-state index is 13.4. The molecule has 2 amide bonds. The molecule has 0 unspecified atom stereocenters. The summed E-state index contributed by atoms with van der Waals surface area (Å²) >= 11 is 0. The standard InChI is InChI=1S/C37H23N3O4.C35H20N2O3/c41-31(42)19-38-36(43)27-13-11-23-25-15-17-29-35-30(18-16-26(33(25)35)24-12-14-28(37(38)44)34(27)32(23)24)40(22-9-5-2-6-10-22)20-39(29)21-7-3-1-4-8-21;38-34-26-13-11-22-24-15-17-28-33-29(37(21-9-5-2-6-10-21)19-36(28)20-7-3-1-4-8-20)18-16-25(31(24)33)23-12-14-27(35(39)40-34)32(26)30(22)23/h1-18H,19-20H2,(H,41,42);1-18H,19H2. The number of hydrogen-bond acceptors (Lipinski definition) is 10. The highest BCUT2D eigenvalue weighted by Crippen LogP contribution is 2.54. The van der Waals surface area contributed by atoms with Gasteiger partial charge in [0.1, 0.15) is 6.54 Å². The van der Waals surface area contributed by atoms with E-state index in [4.69, 9.17) is 4.74 Å². The van der Waals surface area contributed by atoms with Gasteiger partial charge in [-0.05, 0) is 151 Å². The van der Waals surface area contributed by atoms with Crippen molar-refractivity contribution in [3.63, 3.8) is 0 Å². The Kier molecular flexibility index (Phi) is 9.92. The van der Waals surface area contributed by atoms with E-state index in [9.17, 15) is 29.1 Å². The number of hydrogen-bond donors (Lipinski definition) is 1. The number of imide groups is 1. The maximum absolute atomic E-state index is 13.4. The van der Waals surface area contributed by atoms with E-state index in [1.165, 1.54) is 10.8 Å². The molecule has 12 heteroatoms. The van der Waals surface area contributed by atoms with Crippen molar-refractivity contribution in [2.75, 3.05) is 39.5 Å². The van der Waals surface area contributed by atoms with Crippen LogP contribution in [0.2, 0.25) is 0 Å². The number of para-hydroxylation sites is 4. The fraction of sp³-hybridized carbons (Fsp3) is 0.0417. The predicted octanol–water partition coefficient (Wildman–Crippen LogP) is 16.0. The molecule has 0 aromatic heterocycles. The minimum atomic E-state index is -1.23. The molecule has 4 heterocycles. The molecule has 0 atom stereocenters. The van der Waals surface area contributed by atoms with Crippen molar-refractivity contribution in [3.05, 3.63) is 241 Å². The summed E-state index contributed by atoms with van der Waals surface area (Å²) in [7, 11) is 0. The molecular formula is C72H43N5O7. The summed E-state index contributed by atoms with van der Waals surface area (Å²) in [6, 6.07) is 74.2. The normalized spacial score (nSPS) is 14.5. The molecule has 398 valence electrons. The van der Waals surface area contributed by atoms with E-state index >= 15 is 0 Å². The Balaban J connectivity index is 0.000000133. The second-order valence-electron chi connectivity index (χ2n) is 21.8. The van der Waals surface area contributed by atoms with Gasteiger partial charge in [0, 0.05) is 66.2 Å². The second-order valence-corrected chi connectivity index (χ2v) is 21.8. The smallest absolute Gasteiger partial charge is 0.346 e. The summed E-state index contributed by atoms with van der Waals surface area (Å²) in [4.78, 5) is 73.9. The molecule has 14 aromatic rings. The van der Waals surface area contributed by atoms with E-state index < -0.39 is 36.3 Å². The average molecular weight is 1090 g/mol. The van der Waals surface area contributed by atoms with Crippen molar-refractivity contribution in [3.8, 4) is 0 Å². The Morgan fingerprint density at radius 3 is 0.881 bits per heavy atom. The minimum Gasteiger partial charge on any atom is -0.480 e. The molecule has 14 aromatic carbocycles. The Labute approximate surface area is 478 Å². The summed E-state index contributed by atoms with van der Waals surface area (Å²) in [6.45, 7) is 0.647. The number of amides is 2. The van der Waals surface area contributed by atoms with Gasteiger partial charge >= 0.3 is 17.9 Å². The van der Waals surface area contributed by atoms with Gasteiger partial charge in [-0.1, -0.05) is 121 Å². The second kappa shape index (κ2) is 17.6. The number of carboxylic acids is 1. The number of fused-ring (bicyclic) bond motifs is 4. The third kappa shape index (κ3) is 6.55. The molecule has 0 aliphatic carbocycles. The lowest BCUT2D eigenvalue weighted by Gasteiger charge is -2.40. The van der Waals surface area contributed by atoms with Crippen LogP contribution in [-0.2, 0) is 9.53 Å². The number of carbonyl (C=O) groups is 5. The Bertz CT molecular complexity index is 4930. The van der Waals surface area contributed by atoms with Gasteiger partial charge in [0.05, 0.1) is 47.2 Å². The van der Waals surface area contributed by atoms with Crippen molar-refractivity contribution in [2.45, 2.75) is 0 Å². The number of ether oxygens (including phenoxy) is 1. The highest BCUT2D eigenvalue weighted by molar-refractivity contribution is 6.41. The highest BCUT2D eigenvalue weighted by Gasteiger charge is 2.37. The molecule has 18 rings (SSSR count). The number of nitrogens with zero attached hydrogens (tertiary/aromatic N) is 5. The van der Waals surface area contributed by atoms with Gasteiger partial charge < -0.3 is 29.4 Å². The van der Waals surface area contributed by atoms with Crippen LogP contribution >= 0.6 is 0 Å². The predicted molar refractivity (Wildman–Crippen MR) is 332 cm³/mol. The van der Waals surface area contributed by atoms with Crippen LogP contribution in [0, 0.1) is 0 Å². The molecule has 1 N–H and O–H groups in total. The maximum Gasteiger partial charge on any atom is 0.346 e. The summed E-state index contributed by atoms with van der Waals surface area (Å²) in [6.07, 6.45) is 0. The fourth-order valence-corrected chi connectivity index (χ4v) is 14.1. The zero-order chi connectivity index (χ0) is 56.2. The molecule has 0 bridgehead atoms. The summed E-state index contributed by atoms with van der Waals surface area (Å²) in [5.74, 6) is -3.57. The number of anilines is 8. The number of carbonyl (C=O) groups excluding carboxylic acids is 4. The zero-order valence-electron chi connectivity index (χ0n) is 44.5. The summed E-state index contributed by atoms with van der Waals surface area (Å²) < 4.78 is 5.03. The van der Waals surface area contributed by atoms with Crippen LogP contribution < -0.4 is 19.6 Å². The average Bonchev–Trinajstić information content (AvgIpc) is 0.850. The molecule has 4 aliphatic rings. The lowest BCUT2D eigenvalue weighted by Crippen LogP contribution is -2.43. The number of carboxylic acid groups (broad SMARTS) is 1. The number of esters is 2. The largest absolute Gasteiger partial charge is 0.480 e. The molecule has 0 saturated carbocycles. The molecule has 0 radical (unpaired) electrons. The quantitative estimate of drug-likeness (QED) is 0.0561. The fourth-order valence-electron chi connectivity index (χ4n) is 14.1. The highest BCUT2D eigenvalue weighted by atomic mass is 16.6. The van der Waals surface area contributed by atoms with Crippen molar-refractivity contribution >= 4 is 161 Å². The van der Waals surface area contributed by atoms with Gasteiger partial charge in [0.2, 0.25) is 0 Å².